The minimum atomic E-state index is -0.653. The van der Waals surface area contributed by atoms with Gasteiger partial charge in [-0.15, -0.1) is 0 Å². The fourth-order valence-corrected chi connectivity index (χ4v) is 6.62. The fraction of sp³-hybridized carbons (Fsp3) is 0.692. The van der Waals surface area contributed by atoms with Gasteiger partial charge in [-0.05, 0) is 67.6 Å². The molecule has 6 atom stereocenters. The molecule has 0 saturated heterocycles. The van der Waals surface area contributed by atoms with Crippen molar-refractivity contribution < 1.29 is 34.0 Å². The number of rotatable bonds is 7. The molecule has 3 aliphatic rings. The van der Waals surface area contributed by atoms with Crippen molar-refractivity contribution in [1.29, 1.82) is 0 Å². The number of hydrogen-bond acceptors (Lipinski definition) is 7. The second-order valence-electron chi connectivity index (χ2n) is 10.6. The third kappa shape index (κ3) is 4.93. The molecule has 2 aliphatic carbocycles. The van der Waals surface area contributed by atoms with Crippen LogP contribution in [0, 0.1) is 22.7 Å². The van der Waals surface area contributed by atoms with Gasteiger partial charge in [0.25, 0.3) is 0 Å². The highest BCUT2D eigenvalue weighted by Gasteiger charge is 2.60. The molecule has 4 N–H and O–H groups in total. The summed E-state index contributed by atoms with van der Waals surface area (Å²) < 4.78 is 16.5. The zero-order valence-corrected chi connectivity index (χ0v) is 20.8. The van der Waals surface area contributed by atoms with Crippen molar-refractivity contribution in [2.75, 3.05) is 19.9 Å². The van der Waals surface area contributed by atoms with E-state index < -0.39 is 23.7 Å². The molecule has 0 radical (unpaired) electrons. The summed E-state index contributed by atoms with van der Waals surface area (Å²) in [4.78, 5) is 25.1. The van der Waals surface area contributed by atoms with E-state index in [1.807, 2.05) is 32.0 Å². The minimum Gasteiger partial charge on any atom is -0.454 e. The third-order valence-electron chi connectivity index (χ3n) is 8.58. The molecule has 9 nitrogen and oxygen atoms in total. The Bertz CT molecular complexity index is 940. The number of amides is 2. The summed E-state index contributed by atoms with van der Waals surface area (Å²) in [7, 11) is 0. The maximum Gasteiger partial charge on any atom is 0.407 e. The summed E-state index contributed by atoms with van der Waals surface area (Å²) in [5.41, 5.74) is -0.113. The molecule has 194 valence electrons. The number of nitrogens with one attached hydrogen (secondary N) is 2. The average Bonchev–Trinajstić information content (AvgIpc) is 3.30. The Morgan fingerprint density at radius 3 is 2.66 bits per heavy atom. The van der Waals surface area contributed by atoms with Gasteiger partial charge in [0, 0.05) is 24.9 Å². The molecule has 35 heavy (non-hydrogen) atoms. The van der Waals surface area contributed by atoms with Gasteiger partial charge in [0.15, 0.2) is 11.5 Å². The maximum atomic E-state index is 13.0. The Morgan fingerprint density at radius 1 is 1.14 bits per heavy atom. The van der Waals surface area contributed by atoms with Gasteiger partial charge < -0.3 is 35.1 Å². The van der Waals surface area contributed by atoms with Gasteiger partial charge in [0.2, 0.25) is 12.7 Å². The molecule has 0 unspecified atom stereocenters. The third-order valence-corrected chi connectivity index (χ3v) is 8.58. The lowest BCUT2D eigenvalue weighted by Crippen LogP contribution is -2.61. The summed E-state index contributed by atoms with van der Waals surface area (Å²) in [6.07, 6.45) is 1.23. The summed E-state index contributed by atoms with van der Waals surface area (Å²) in [5.74, 6) is 0.991. The van der Waals surface area contributed by atoms with Crippen LogP contribution in [0.25, 0.3) is 0 Å². The first kappa shape index (κ1) is 25.6. The van der Waals surface area contributed by atoms with E-state index in [0.29, 0.717) is 50.3 Å². The van der Waals surface area contributed by atoms with E-state index in [1.54, 1.807) is 0 Å². The Kier molecular flexibility index (Phi) is 7.47. The normalized spacial score (nSPS) is 33.5. The quantitative estimate of drug-likeness (QED) is 0.463. The highest BCUT2D eigenvalue weighted by Crippen LogP contribution is 2.61. The SMILES string of the molecule is CCNC(=O)O[C@H]1CC[C@@]2(C)[C@@H](CC[C@@H](O)[C@H]2CC(=O)NCc2ccc3c(c2)OCO3)[C@]1(C)CO. The van der Waals surface area contributed by atoms with Crippen molar-refractivity contribution in [3.63, 3.8) is 0 Å². The number of aliphatic hydroxyl groups excluding tert-OH is 2. The molecule has 9 heteroatoms. The van der Waals surface area contributed by atoms with Gasteiger partial charge in [-0.3, -0.25) is 4.79 Å². The zero-order valence-electron chi connectivity index (χ0n) is 20.8. The van der Waals surface area contributed by atoms with E-state index in [9.17, 15) is 19.8 Å². The molecule has 2 fully saturated rings. The van der Waals surface area contributed by atoms with Gasteiger partial charge in [0.1, 0.15) is 6.10 Å². The monoisotopic (exact) mass is 490 g/mol. The topological polar surface area (TPSA) is 126 Å². The highest BCUT2D eigenvalue weighted by molar-refractivity contribution is 5.76. The average molecular weight is 491 g/mol. The second-order valence-corrected chi connectivity index (χ2v) is 10.6. The van der Waals surface area contributed by atoms with E-state index in [2.05, 4.69) is 17.6 Å². The van der Waals surface area contributed by atoms with Crippen molar-refractivity contribution in [2.24, 2.45) is 22.7 Å². The summed E-state index contributed by atoms with van der Waals surface area (Å²) in [6, 6.07) is 5.58. The summed E-state index contributed by atoms with van der Waals surface area (Å²) in [5, 5.41) is 27.1. The Hall–Kier alpha value is -2.52. The van der Waals surface area contributed by atoms with Crippen molar-refractivity contribution in [3.05, 3.63) is 23.8 Å². The number of aliphatic hydroxyl groups is 2. The summed E-state index contributed by atoms with van der Waals surface area (Å²) in [6.45, 7) is 6.81. The molecule has 2 amide bonds. The molecule has 2 saturated carbocycles. The molecule has 4 rings (SSSR count). The number of alkyl carbamates (subject to hydrolysis) is 1. The van der Waals surface area contributed by atoms with E-state index in [-0.39, 0.29) is 43.0 Å². The predicted octanol–water partition coefficient (Wildman–Crippen LogP) is 2.72. The number of benzene rings is 1. The van der Waals surface area contributed by atoms with Gasteiger partial charge in [-0.1, -0.05) is 19.9 Å². The zero-order chi connectivity index (χ0) is 25.2. The molecule has 1 heterocycles. The van der Waals surface area contributed by atoms with Crippen LogP contribution in [0.3, 0.4) is 0 Å². The predicted molar refractivity (Wildman–Crippen MR) is 128 cm³/mol. The van der Waals surface area contributed by atoms with E-state index in [4.69, 9.17) is 14.2 Å². The summed E-state index contributed by atoms with van der Waals surface area (Å²) >= 11 is 0. The van der Waals surface area contributed by atoms with Crippen LogP contribution in [-0.2, 0) is 16.1 Å². The smallest absolute Gasteiger partial charge is 0.407 e. The Morgan fingerprint density at radius 2 is 1.91 bits per heavy atom. The lowest BCUT2D eigenvalue weighted by Gasteiger charge is -2.60. The van der Waals surface area contributed by atoms with Gasteiger partial charge >= 0.3 is 6.09 Å². The van der Waals surface area contributed by atoms with Crippen LogP contribution in [0.1, 0.15) is 58.4 Å². The number of carbonyl (C=O) groups is 2. The van der Waals surface area contributed by atoms with Crippen LogP contribution < -0.4 is 20.1 Å². The minimum absolute atomic E-state index is 0.00300. The van der Waals surface area contributed by atoms with Crippen molar-refractivity contribution in [3.8, 4) is 11.5 Å². The first-order valence-electron chi connectivity index (χ1n) is 12.6. The van der Waals surface area contributed by atoms with E-state index >= 15 is 0 Å². The lowest BCUT2D eigenvalue weighted by atomic mass is 9.46. The van der Waals surface area contributed by atoms with Crippen LogP contribution in [0.5, 0.6) is 11.5 Å². The Balaban J connectivity index is 1.44. The fourth-order valence-electron chi connectivity index (χ4n) is 6.62. The first-order valence-corrected chi connectivity index (χ1v) is 12.6. The molecule has 0 aromatic heterocycles. The first-order chi connectivity index (χ1) is 16.7. The van der Waals surface area contributed by atoms with Crippen molar-refractivity contribution in [1.82, 2.24) is 10.6 Å². The van der Waals surface area contributed by atoms with Crippen molar-refractivity contribution >= 4 is 12.0 Å². The maximum absolute atomic E-state index is 13.0. The molecule has 1 aromatic carbocycles. The second kappa shape index (κ2) is 10.2. The molecule has 0 bridgehead atoms. The van der Waals surface area contributed by atoms with E-state index in [0.717, 1.165) is 5.56 Å². The molecule has 1 aliphatic heterocycles. The van der Waals surface area contributed by atoms with Crippen LogP contribution in [0.4, 0.5) is 4.79 Å². The number of fused-ring (bicyclic) bond motifs is 2. The molecular weight excluding hydrogens is 452 g/mol. The lowest BCUT2D eigenvalue weighted by molar-refractivity contribution is -0.185. The van der Waals surface area contributed by atoms with Gasteiger partial charge in [0.05, 0.1) is 12.7 Å². The van der Waals surface area contributed by atoms with E-state index in [1.165, 1.54) is 0 Å². The highest BCUT2D eigenvalue weighted by atomic mass is 16.7. The molecular formula is C26H38N2O7. The van der Waals surface area contributed by atoms with Crippen LogP contribution in [0.15, 0.2) is 18.2 Å². The van der Waals surface area contributed by atoms with Crippen LogP contribution in [-0.4, -0.2) is 54.4 Å². The molecule has 1 aromatic rings. The number of hydrogen-bond donors (Lipinski definition) is 4. The Labute approximate surface area is 206 Å². The largest absolute Gasteiger partial charge is 0.454 e. The standard InChI is InChI=1S/C26H38N2O7/c1-4-27-24(32)35-22-9-10-25(2)17(18(30)6-8-21(25)26(22,3)14-29)12-23(31)28-13-16-5-7-19-20(11-16)34-15-33-19/h5,7,11,17-18,21-22,29-30H,4,6,8-10,12-15H2,1-3H3,(H,27,32)(H,28,31)/t17-,18-,21-,22+,25-,26+/m1/s1. The molecule has 0 spiro atoms. The van der Waals surface area contributed by atoms with Gasteiger partial charge in [-0.2, -0.15) is 0 Å². The van der Waals surface area contributed by atoms with Crippen LogP contribution >= 0.6 is 0 Å². The number of ether oxygens (including phenoxy) is 3. The van der Waals surface area contributed by atoms with Crippen LogP contribution in [0.2, 0.25) is 0 Å². The van der Waals surface area contributed by atoms with Gasteiger partial charge in [-0.25, -0.2) is 4.79 Å². The number of carbonyl (C=O) groups excluding carboxylic acids is 2. The van der Waals surface area contributed by atoms with Crippen molar-refractivity contribution in [2.45, 2.75) is 71.6 Å².